The van der Waals surface area contributed by atoms with Gasteiger partial charge in [0.15, 0.2) is 69.0 Å². The first-order valence-corrected chi connectivity index (χ1v) is 41.6. The van der Waals surface area contributed by atoms with Gasteiger partial charge in [-0.3, -0.25) is 60.1 Å². The number of carbonyl (C=O) groups is 13. The quantitative estimate of drug-likeness (QED) is 0.0377. The number of para-hydroxylation sites is 1. The van der Waals surface area contributed by atoms with Crippen molar-refractivity contribution in [3.8, 4) is 90.1 Å². The third kappa shape index (κ3) is 15.5. The number of imide groups is 5. The predicted molar refractivity (Wildman–Crippen MR) is 466 cm³/mol. The lowest BCUT2D eigenvalue weighted by molar-refractivity contribution is -0.192. The van der Waals surface area contributed by atoms with Gasteiger partial charge in [-0.25, -0.2) is 63.9 Å². The van der Waals surface area contributed by atoms with Crippen molar-refractivity contribution in [3.05, 3.63) is 330 Å². The number of amides is 15. The molecule has 139 heavy (non-hydrogen) atoms. The molecular formula is C99H66F8N10O22. The first kappa shape index (κ1) is 92.6. The number of hydrogen-bond acceptors (Lipinski definition) is 19. The van der Waals surface area contributed by atoms with E-state index in [0.29, 0.717) is 83.8 Å². The highest BCUT2D eigenvalue weighted by Gasteiger charge is 2.61. The highest BCUT2D eigenvalue weighted by atomic mass is 19.2. The van der Waals surface area contributed by atoms with Crippen molar-refractivity contribution >= 4 is 83.8 Å². The molecule has 12 aromatic rings. The maximum atomic E-state index is 14.9. The van der Waals surface area contributed by atoms with E-state index in [1.807, 2.05) is 38.1 Å². The Labute approximate surface area is 776 Å². The number of nitrogens with one attached hydrogen (secondary N) is 10. The number of rotatable bonds is 13. The molecule has 13 N–H and O–H groups in total. The van der Waals surface area contributed by atoms with E-state index in [2.05, 4.69) is 53.2 Å². The third-order valence-corrected chi connectivity index (χ3v) is 24.5. The van der Waals surface area contributed by atoms with E-state index in [1.165, 1.54) is 92.0 Å². The molecular weight excluding hydrogens is 1830 g/mol. The lowest BCUT2D eigenvalue weighted by Gasteiger charge is -2.24. The van der Waals surface area contributed by atoms with Crippen LogP contribution in [-0.2, 0) is 88.5 Å². The summed E-state index contributed by atoms with van der Waals surface area (Å²) < 4.78 is 136. The van der Waals surface area contributed by atoms with E-state index in [9.17, 15) is 103 Å². The third-order valence-electron chi connectivity index (χ3n) is 24.5. The van der Waals surface area contributed by atoms with Crippen LogP contribution in [0.3, 0.4) is 0 Å². The van der Waals surface area contributed by atoms with Crippen molar-refractivity contribution in [3.63, 3.8) is 0 Å². The minimum absolute atomic E-state index is 0.00122. The number of aliphatic carboxylic acids is 3. The SMILES string of the molecule is COc1c(F)cc2c(c1CC(=O)O)-c1ccc(F)cc1C21NC(=O)NC1=O.Cc1cc(CCC(=O)O)c2c(c1)C1(NC(=O)NC1=O)c1cc(F)ccc1-2.Cc1cc(OCC(=O)O)c2c(c1)C1(NC(=O)NC1=O)c1cc(F)ccc1-2.Cc1ccc(Oc2cc3c(cc2F)C2(NC(=O)NC2=O)c2cc(F)ccc2-3)cc1.O=C1NC(=O)C2(N1)c1cc(F)ccc1-c1cc(Oc3ccccc3)c(F)cc12.O=C=O. The summed E-state index contributed by atoms with van der Waals surface area (Å²) in [6.45, 7) is 4.94. The van der Waals surface area contributed by atoms with Crippen molar-refractivity contribution in [2.75, 3.05) is 13.7 Å². The normalized spacial score (nSPS) is 19.1. The number of carboxylic acids is 3. The molecule has 5 unspecified atom stereocenters. The Morgan fingerprint density at radius 1 is 0.338 bits per heavy atom. The number of urea groups is 5. The molecule has 5 aliphatic heterocycles. The molecule has 0 aromatic heterocycles. The monoisotopic (exact) mass is 1900 g/mol. The molecule has 5 saturated heterocycles. The van der Waals surface area contributed by atoms with E-state index in [1.54, 1.807) is 67.6 Å². The van der Waals surface area contributed by atoms with Crippen molar-refractivity contribution in [1.29, 1.82) is 0 Å². The number of carboxylic acid groups (broad SMARTS) is 3. The van der Waals surface area contributed by atoms with Gasteiger partial charge < -0.3 is 60.9 Å². The number of ether oxygens (including phenoxy) is 4. The van der Waals surface area contributed by atoms with Crippen molar-refractivity contribution in [2.45, 2.75) is 67.7 Å². The Kier molecular flexibility index (Phi) is 23.3. The molecule has 10 aliphatic rings. The van der Waals surface area contributed by atoms with Gasteiger partial charge in [-0.1, -0.05) is 90.0 Å². The number of methoxy groups -OCH3 is 1. The van der Waals surface area contributed by atoms with Gasteiger partial charge in [-0.15, -0.1) is 0 Å². The maximum absolute atomic E-state index is 14.9. The smallest absolute Gasteiger partial charge is 0.373 e. The van der Waals surface area contributed by atoms with Crippen molar-refractivity contribution < 1.29 is 141 Å². The highest BCUT2D eigenvalue weighted by Crippen LogP contribution is 2.59. The summed E-state index contributed by atoms with van der Waals surface area (Å²) in [6, 6.07) is 44.8. The van der Waals surface area contributed by atoms with Gasteiger partial charge in [0.25, 0.3) is 29.5 Å². The highest BCUT2D eigenvalue weighted by molar-refractivity contribution is 6.18. The molecule has 700 valence electrons. The van der Waals surface area contributed by atoms with Crippen LogP contribution in [0, 0.1) is 67.3 Å². The van der Waals surface area contributed by atoms with Crippen LogP contribution in [0.15, 0.2) is 200 Å². The molecule has 5 heterocycles. The van der Waals surface area contributed by atoms with Crippen LogP contribution in [0.2, 0.25) is 0 Å². The van der Waals surface area contributed by atoms with E-state index in [0.717, 1.165) is 47.0 Å². The van der Waals surface area contributed by atoms with Crippen LogP contribution in [-0.4, -0.2) is 113 Å². The first-order valence-electron chi connectivity index (χ1n) is 41.6. The Balaban J connectivity index is 0.000000119. The minimum Gasteiger partial charge on any atom is -0.493 e. The van der Waals surface area contributed by atoms with Crippen LogP contribution < -0.4 is 72.1 Å². The molecule has 5 fully saturated rings. The zero-order chi connectivity index (χ0) is 99.3. The van der Waals surface area contributed by atoms with E-state index < -0.39 is 165 Å². The molecule has 0 bridgehead atoms. The maximum Gasteiger partial charge on any atom is 0.373 e. The average molecular weight is 1900 g/mol. The molecule has 12 aromatic carbocycles. The molecule has 0 radical (unpaired) electrons. The first-order chi connectivity index (χ1) is 66.2. The molecule has 22 rings (SSSR count). The van der Waals surface area contributed by atoms with Crippen LogP contribution in [0.25, 0.3) is 55.6 Å². The number of hydrogen-bond donors (Lipinski definition) is 13. The minimum atomic E-state index is -1.84. The van der Waals surface area contributed by atoms with Crippen molar-refractivity contribution in [1.82, 2.24) is 53.2 Å². The summed E-state index contributed by atoms with van der Waals surface area (Å²) in [5.41, 5.74) is 2.58. The molecule has 5 atom stereocenters. The fourth-order valence-corrected chi connectivity index (χ4v) is 19.2. The zero-order valence-electron chi connectivity index (χ0n) is 72.0. The molecule has 40 heteroatoms. The molecule has 5 spiro atoms. The summed E-state index contributed by atoms with van der Waals surface area (Å²) in [7, 11) is 1.19. The standard InChI is InChI=1S/C22H14F2N2O3.C21H12F2N2O3.C19H15FN2O4.C18H12F2N2O5.C18H13FN2O5.CO2/c1-11-2-5-13(6-3-11)29-19-9-15-14-7-4-12(23)8-16(14)22(17(15)10-18(19)24)20(27)25-21(28)26-22;22-11-6-7-13-14-9-18(28-12-4-2-1-3-5-12)17(23)10-16(14)21(15(13)8-11)19(26)24-20(27)25-21;1-9-6-10(2-5-15(23)24)16-12-4-3-11(20)8-13(12)19(14(16)7-9)17(25)21-18(26)22-19;1-27-15-9(5-13(23)24)14-8-3-2-7(19)4-10(8)18(11(14)6-12(15)20)16(25)21-17(26)22-18;1-8-4-12-15(13(5-8)26-7-14(22)23)10-3-2-9(19)6-11(10)18(12)16(24)20-17(25)21-18;2-1-3/h2-10H,1H3,(H2,25,26,27,28);1-10H,(H2,24,25,26,27);3-4,6-8H,2,5H2,1H3,(H,23,24)(H2,21,22,25,26);2-4,6H,5H2,1H3,(H,23,24)(H2,21,22,25,26);2-6H,7H2,1H3,(H,22,23)(H2,20,21,24,25);. The lowest BCUT2D eigenvalue weighted by Crippen LogP contribution is -2.43. The predicted octanol–water partition coefficient (Wildman–Crippen LogP) is 12.9. The van der Waals surface area contributed by atoms with Gasteiger partial charge in [0.05, 0.1) is 13.5 Å². The zero-order valence-corrected chi connectivity index (χ0v) is 72.0. The second kappa shape index (κ2) is 35.0. The molecule has 5 aliphatic carbocycles. The molecule has 32 nitrogen and oxygen atoms in total. The van der Waals surface area contributed by atoms with Crippen LogP contribution in [0.1, 0.15) is 89.9 Å². The Bertz CT molecular complexity index is 7390. The van der Waals surface area contributed by atoms with E-state index in [-0.39, 0.29) is 92.1 Å². The molecule has 15 amide bonds. The van der Waals surface area contributed by atoms with Gasteiger partial charge in [0.1, 0.15) is 46.3 Å². The van der Waals surface area contributed by atoms with Gasteiger partial charge in [0.2, 0.25) is 0 Å². The number of benzene rings is 12. The second-order valence-corrected chi connectivity index (χ2v) is 32.8. The lowest BCUT2D eigenvalue weighted by atomic mass is 9.86. The summed E-state index contributed by atoms with van der Waals surface area (Å²) >= 11 is 0. The molecule has 0 saturated carbocycles. The van der Waals surface area contributed by atoms with Gasteiger partial charge in [-0.05, 0) is 215 Å². The van der Waals surface area contributed by atoms with Crippen molar-refractivity contribution in [2.24, 2.45) is 0 Å². The number of aryl methyl sites for hydroxylation is 4. The van der Waals surface area contributed by atoms with Gasteiger partial charge in [0, 0.05) is 67.6 Å². The number of halogens is 8. The Morgan fingerprint density at radius 2 is 0.676 bits per heavy atom. The summed E-state index contributed by atoms with van der Waals surface area (Å²) in [5, 5.41) is 50.8. The Morgan fingerprint density at radius 3 is 1.05 bits per heavy atom. The second-order valence-electron chi connectivity index (χ2n) is 32.8. The van der Waals surface area contributed by atoms with Crippen LogP contribution in [0.4, 0.5) is 59.1 Å². The number of carbonyl (C=O) groups excluding carboxylic acids is 12. The summed E-state index contributed by atoms with van der Waals surface area (Å²) in [5.74, 6) is -11.1. The number of fused-ring (bicyclic) bond motifs is 25. The summed E-state index contributed by atoms with van der Waals surface area (Å²) in [4.78, 5) is 172. The van der Waals surface area contributed by atoms with Gasteiger partial charge in [-0.2, -0.15) is 9.59 Å². The average Bonchev–Trinajstić information content (AvgIpc) is 1.60. The summed E-state index contributed by atoms with van der Waals surface area (Å²) in [6.07, 6.45) is -0.147. The largest absolute Gasteiger partial charge is 0.493 e. The van der Waals surface area contributed by atoms with E-state index >= 15 is 0 Å². The van der Waals surface area contributed by atoms with Gasteiger partial charge >= 0.3 is 54.2 Å². The van der Waals surface area contributed by atoms with Crippen LogP contribution in [0.5, 0.6) is 34.5 Å². The Hall–Kier alpha value is -18.2. The van der Waals surface area contributed by atoms with Crippen LogP contribution >= 0.6 is 0 Å². The fourth-order valence-electron chi connectivity index (χ4n) is 19.2. The topological polar surface area (TPSA) is 474 Å². The van der Waals surface area contributed by atoms with E-state index in [4.69, 9.17) is 38.7 Å². The fraction of sp³-hybridized carbons (Fsp3) is 0.131.